The summed E-state index contributed by atoms with van der Waals surface area (Å²) in [6.45, 7) is 0. The molecular weight excluding hydrogens is 278 g/mol. The SMILES string of the molecule is CNC(=O)c1cccnc1NC1CCc2c(OC)cccc21. The van der Waals surface area contributed by atoms with E-state index >= 15 is 0 Å². The summed E-state index contributed by atoms with van der Waals surface area (Å²) in [4.78, 5) is 16.3. The zero-order valence-corrected chi connectivity index (χ0v) is 12.7. The lowest BCUT2D eigenvalue weighted by molar-refractivity contribution is 0.0963. The second-order valence-corrected chi connectivity index (χ2v) is 5.24. The van der Waals surface area contributed by atoms with Crippen molar-refractivity contribution in [2.45, 2.75) is 18.9 Å². The molecule has 1 atom stereocenters. The normalized spacial score (nSPS) is 16.0. The average molecular weight is 297 g/mol. The van der Waals surface area contributed by atoms with E-state index in [4.69, 9.17) is 4.74 Å². The fourth-order valence-corrected chi connectivity index (χ4v) is 2.97. The lowest BCUT2D eigenvalue weighted by atomic mass is 10.1. The molecule has 0 radical (unpaired) electrons. The summed E-state index contributed by atoms with van der Waals surface area (Å²) in [5.74, 6) is 1.40. The first-order valence-electron chi connectivity index (χ1n) is 7.34. The first-order chi connectivity index (χ1) is 10.7. The molecule has 2 N–H and O–H groups in total. The van der Waals surface area contributed by atoms with Crippen molar-refractivity contribution in [2.24, 2.45) is 0 Å². The third-order valence-corrected chi connectivity index (χ3v) is 4.04. The number of hydrogen-bond acceptors (Lipinski definition) is 4. The van der Waals surface area contributed by atoms with Gasteiger partial charge in [-0.05, 0) is 42.2 Å². The van der Waals surface area contributed by atoms with E-state index in [2.05, 4.69) is 21.7 Å². The number of rotatable bonds is 4. The molecule has 1 aromatic heterocycles. The van der Waals surface area contributed by atoms with Crippen molar-refractivity contribution >= 4 is 11.7 Å². The molecule has 0 aliphatic heterocycles. The van der Waals surface area contributed by atoms with E-state index in [9.17, 15) is 4.79 Å². The number of ether oxygens (including phenoxy) is 1. The van der Waals surface area contributed by atoms with Crippen LogP contribution in [0.4, 0.5) is 5.82 Å². The lowest BCUT2D eigenvalue weighted by Crippen LogP contribution is -2.21. The quantitative estimate of drug-likeness (QED) is 0.910. The number of amides is 1. The van der Waals surface area contributed by atoms with Crippen LogP contribution in [0.5, 0.6) is 5.75 Å². The van der Waals surface area contributed by atoms with E-state index in [1.165, 1.54) is 11.1 Å². The standard InChI is InChI=1S/C17H19N3O2/c1-18-17(21)13-6-4-10-19-16(13)20-14-9-8-12-11(14)5-3-7-15(12)22-2/h3-7,10,14H,8-9H2,1-2H3,(H,18,21)(H,19,20). The number of nitrogens with one attached hydrogen (secondary N) is 2. The number of anilines is 1. The predicted molar refractivity (Wildman–Crippen MR) is 85.3 cm³/mol. The highest BCUT2D eigenvalue weighted by atomic mass is 16.5. The molecule has 2 aromatic rings. The van der Waals surface area contributed by atoms with Crippen LogP contribution in [0.2, 0.25) is 0 Å². The topological polar surface area (TPSA) is 63.2 Å². The minimum atomic E-state index is -0.139. The minimum absolute atomic E-state index is 0.139. The largest absolute Gasteiger partial charge is 0.496 e. The molecule has 1 unspecified atom stereocenters. The summed E-state index contributed by atoms with van der Waals surface area (Å²) < 4.78 is 5.43. The first kappa shape index (κ1) is 14.4. The van der Waals surface area contributed by atoms with E-state index in [0.717, 1.165) is 18.6 Å². The molecule has 22 heavy (non-hydrogen) atoms. The third kappa shape index (κ3) is 2.50. The van der Waals surface area contributed by atoms with Crippen molar-refractivity contribution in [3.8, 4) is 5.75 Å². The molecule has 1 aliphatic carbocycles. The fraction of sp³-hybridized carbons (Fsp3) is 0.294. The minimum Gasteiger partial charge on any atom is -0.496 e. The Morgan fingerprint density at radius 2 is 2.18 bits per heavy atom. The monoisotopic (exact) mass is 297 g/mol. The van der Waals surface area contributed by atoms with Crippen molar-refractivity contribution in [3.63, 3.8) is 0 Å². The van der Waals surface area contributed by atoms with Gasteiger partial charge in [0.05, 0.1) is 18.7 Å². The molecule has 0 fully saturated rings. The molecule has 1 aliphatic rings. The van der Waals surface area contributed by atoms with Crippen LogP contribution in [0.1, 0.15) is 33.9 Å². The molecular formula is C17H19N3O2. The average Bonchev–Trinajstić information content (AvgIpc) is 2.98. The zero-order valence-electron chi connectivity index (χ0n) is 12.7. The van der Waals surface area contributed by atoms with Gasteiger partial charge in [0, 0.05) is 13.2 Å². The van der Waals surface area contributed by atoms with E-state index in [1.807, 2.05) is 12.1 Å². The zero-order chi connectivity index (χ0) is 15.5. The molecule has 3 rings (SSSR count). The van der Waals surface area contributed by atoms with Gasteiger partial charge in [-0.1, -0.05) is 12.1 Å². The van der Waals surface area contributed by atoms with Crippen LogP contribution in [0, 0.1) is 0 Å². The highest BCUT2D eigenvalue weighted by molar-refractivity contribution is 5.98. The Morgan fingerprint density at radius 1 is 1.32 bits per heavy atom. The van der Waals surface area contributed by atoms with Gasteiger partial charge >= 0.3 is 0 Å². The van der Waals surface area contributed by atoms with Gasteiger partial charge in [0.1, 0.15) is 11.6 Å². The van der Waals surface area contributed by atoms with Crippen molar-refractivity contribution in [3.05, 3.63) is 53.2 Å². The Balaban J connectivity index is 1.90. The third-order valence-electron chi connectivity index (χ3n) is 4.04. The number of carbonyl (C=O) groups is 1. The summed E-state index contributed by atoms with van der Waals surface area (Å²) in [6.07, 6.45) is 3.61. The van der Waals surface area contributed by atoms with Crippen molar-refractivity contribution in [1.29, 1.82) is 0 Å². The highest BCUT2D eigenvalue weighted by Gasteiger charge is 2.26. The molecule has 1 amide bonds. The molecule has 0 bridgehead atoms. The first-order valence-corrected chi connectivity index (χ1v) is 7.34. The maximum atomic E-state index is 11.9. The molecule has 0 saturated heterocycles. The van der Waals surface area contributed by atoms with Gasteiger partial charge in [-0.25, -0.2) is 4.98 Å². The number of fused-ring (bicyclic) bond motifs is 1. The van der Waals surface area contributed by atoms with Crippen LogP contribution in [0.3, 0.4) is 0 Å². The van der Waals surface area contributed by atoms with Crippen LogP contribution in [0.25, 0.3) is 0 Å². The number of benzene rings is 1. The molecule has 5 heteroatoms. The number of hydrogen-bond donors (Lipinski definition) is 2. The summed E-state index contributed by atoms with van der Waals surface area (Å²) in [6, 6.07) is 9.76. The maximum absolute atomic E-state index is 11.9. The van der Waals surface area contributed by atoms with Crippen molar-refractivity contribution in [2.75, 3.05) is 19.5 Å². The fourth-order valence-electron chi connectivity index (χ4n) is 2.97. The number of nitrogens with zero attached hydrogens (tertiary/aromatic N) is 1. The number of carbonyl (C=O) groups excluding carboxylic acids is 1. The Kier molecular flexibility index (Phi) is 3.96. The van der Waals surface area contributed by atoms with E-state index in [-0.39, 0.29) is 11.9 Å². The molecule has 5 nitrogen and oxygen atoms in total. The maximum Gasteiger partial charge on any atom is 0.254 e. The summed E-state index contributed by atoms with van der Waals surface area (Å²) in [5, 5.41) is 6.05. The molecule has 0 saturated carbocycles. The van der Waals surface area contributed by atoms with Gasteiger partial charge in [0.15, 0.2) is 0 Å². The van der Waals surface area contributed by atoms with Crippen LogP contribution < -0.4 is 15.4 Å². The Hall–Kier alpha value is -2.56. The smallest absolute Gasteiger partial charge is 0.254 e. The lowest BCUT2D eigenvalue weighted by Gasteiger charge is -2.17. The highest BCUT2D eigenvalue weighted by Crippen LogP contribution is 2.38. The van der Waals surface area contributed by atoms with Crippen molar-refractivity contribution < 1.29 is 9.53 Å². The van der Waals surface area contributed by atoms with Gasteiger partial charge < -0.3 is 15.4 Å². The predicted octanol–water partition coefficient (Wildman–Crippen LogP) is 2.55. The van der Waals surface area contributed by atoms with Crippen LogP contribution in [-0.2, 0) is 6.42 Å². The van der Waals surface area contributed by atoms with Crippen LogP contribution in [0.15, 0.2) is 36.5 Å². The summed E-state index contributed by atoms with van der Waals surface area (Å²) >= 11 is 0. The molecule has 0 spiro atoms. The van der Waals surface area contributed by atoms with Crippen molar-refractivity contribution in [1.82, 2.24) is 10.3 Å². The van der Waals surface area contributed by atoms with E-state index in [0.29, 0.717) is 11.4 Å². The molecule has 1 heterocycles. The summed E-state index contributed by atoms with van der Waals surface area (Å²) in [5.41, 5.74) is 3.01. The van der Waals surface area contributed by atoms with E-state index < -0.39 is 0 Å². The number of pyridine rings is 1. The second-order valence-electron chi connectivity index (χ2n) is 5.24. The molecule has 114 valence electrons. The molecule has 1 aromatic carbocycles. The Morgan fingerprint density at radius 3 is 2.95 bits per heavy atom. The van der Waals surface area contributed by atoms with Gasteiger partial charge in [0.2, 0.25) is 0 Å². The van der Waals surface area contributed by atoms with Gasteiger partial charge in [-0.2, -0.15) is 0 Å². The number of methoxy groups -OCH3 is 1. The van der Waals surface area contributed by atoms with E-state index in [1.54, 1.807) is 32.5 Å². The Bertz CT molecular complexity index is 700. The van der Waals surface area contributed by atoms with Gasteiger partial charge in [0.25, 0.3) is 5.91 Å². The van der Waals surface area contributed by atoms with Gasteiger partial charge in [-0.3, -0.25) is 4.79 Å². The van der Waals surface area contributed by atoms with Crippen LogP contribution in [-0.4, -0.2) is 25.0 Å². The summed E-state index contributed by atoms with van der Waals surface area (Å²) in [7, 11) is 3.31. The number of aromatic nitrogens is 1. The second kappa shape index (κ2) is 6.05. The van der Waals surface area contributed by atoms with Gasteiger partial charge in [-0.15, -0.1) is 0 Å². The van der Waals surface area contributed by atoms with Crippen LogP contribution >= 0.6 is 0 Å². The Labute approximate surface area is 129 Å².